The summed E-state index contributed by atoms with van der Waals surface area (Å²) in [6.45, 7) is 20.8. The van der Waals surface area contributed by atoms with Gasteiger partial charge in [0, 0.05) is 18.5 Å². The van der Waals surface area contributed by atoms with Gasteiger partial charge in [-0.1, -0.05) is 60.1 Å². The number of nitrogens with zero attached hydrogens (tertiary/aromatic N) is 1. The van der Waals surface area contributed by atoms with Crippen molar-refractivity contribution in [1.82, 2.24) is 4.90 Å². The van der Waals surface area contributed by atoms with Crippen LogP contribution >= 0.6 is 0 Å². The molecule has 5 heteroatoms. The van der Waals surface area contributed by atoms with Crippen molar-refractivity contribution >= 4 is 11.9 Å². The van der Waals surface area contributed by atoms with Gasteiger partial charge in [-0.25, -0.2) is 0 Å². The summed E-state index contributed by atoms with van der Waals surface area (Å²) in [4.78, 5) is 26.2. The van der Waals surface area contributed by atoms with E-state index in [0.717, 1.165) is 31.6 Å². The molecular weight excluding hydrogens is 498 g/mol. The Kier molecular flexibility index (Phi) is 7.90. The Balaban J connectivity index is 1.31. The zero-order valence-corrected chi connectivity index (χ0v) is 26.4. The van der Waals surface area contributed by atoms with Gasteiger partial charge in [0.15, 0.2) is 0 Å². The number of carbonyl (C=O) groups excluding carboxylic acids is 1. The van der Waals surface area contributed by atoms with E-state index in [-0.39, 0.29) is 35.7 Å². The standard InChI is InChI=1S/C35H55NO4/c1-23(21-36-20-8-17-32(2,3)22-36)25-10-11-26-24-9-12-28-33(4,5)29(40-31(39)14-13-30(37)38)16-19-35(28,7)27(24)15-18-34(25,26)6/h11,23,25,28-29H,8-10,12-22H2,1-7H3,(H,37,38)/t23-,25+,28-,29-,34+,35+/m0/s1. The minimum Gasteiger partial charge on any atom is -0.481 e. The number of ether oxygens (including phenoxy) is 1. The fraction of sp³-hybridized carbons (Fsp3) is 0.829. The van der Waals surface area contributed by atoms with Crippen molar-refractivity contribution in [2.45, 2.75) is 125 Å². The van der Waals surface area contributed by atoms with Crippen molar-refractivity contribution in [3.8, 4) is 0 Å². The van der Waals surface area contributed by atoms with Crippen LogP contribution in [0.2, 0.25) is 0 Å². The molecule has 0 aromatic heterocycles. The molecule has 1 saturated heterocycles. The minimum atomic E-state index is -0.947. The highest BCUT2D eigenvalue weighted by molar-refractivity contribution is 5.76. The summed E-state index contributed by atoms with van der Waals surface area (Å²) >= 11 is 0. The predicted molar refractivity (Wildman–Crippen MR) is 160 cm³/mol. The van der Waals surface area contributed by atoms with Crippen LogP contribution in [-0.4, -0.2) is 47.7 Å². The number of esters is 1. The van der Waals surface area contributed by atoms with Crippen molar-refractivity contribution in [3.05, 3.63) is 22.8 Å². The maximum atomic E-state index is 12.5. The van der Waals surface area contributed by atoms with E-state index in [4.69, 9.17) is 9.84 Å². The van der Waals surface area contributed by atoms with Crippen LogP contribution in [0.1, 0.15) is 119 Å². The lowest BCUT2D eigenvalue weighted by Crippen LogP contribution is -2.54. The first-order valence-corrected chi connectivity index (χ1v) is 16.2. The zero-order valence-electron chi connectivity index (χ0n) is 26.4. The Labute approximate surface area is 243 Å². The normalized spacial score (nSPS) is 37.6. The number of piperidine rings is 1. The lowest BCUT2D eigenvalue weighted by atomic mass is 9.46. The molecule has 0 radical (unpaired) electrons. The molecule has 5 aliphatic rings. The average Bonchev–Trinajstić information content (AvgIpc) is 3.21. The molecule has 0 bridgehead atoms. The summed E-state index contributed by atoms with van der Waals surface area (Å²) in [5.74, 6) is 0.583. The van der Waals surface area contributed by atoms with E-state index >= 15 is 0 Å². The summed E-state index contributed by atoms with van der Waals surface area (Å²) in [6, 6.07) is 0. The number of fused-ring (bicyclic) bond motifs is 4. The van der Waals surface area contributed by atoms with Crippen LogP contribution in [0.4, 0.5) is 0 Å². The minimum absolute atomic E-state index is 0.0407. The number of allylic oxidation sites excluding steroid dienone is 4. The number of hydrogen-bond acceptors (Lipinski definition) is 4. The Hall–Kier alpha value is -1.62. The fourth-order valence-electron chi connectivity index (χ4n) is 10.4. The number of likely N-dealkylation sites (tertiary alicyclic amines) is 1. The van der Waals surface area contributed by atoms with Crippen molar-refractivity contribution in [2.75, 3.05) is 19.6 Å². The van der Waals surface area contributed by atoms with Gasteiger partial charge in [-0.05, 0) is 109 Å². The second-order valence-corrected chi connectivity index (χ2v) is 16.1. The molecular formula is C35H55NO4. The molecule has 5 rings (SSSR count). The van der Waals surface area contributed by atoms with Gasteiger partial charge in [0.2, 0.25) is 0 Å². The molecule has 1 aliphatic heterocycles. The molecule has 1 heterocycles. The number of carboxylic acid groups (broad SMARTS) is 1. The molecule has 5 nitrogen and oxygen atoms in total. The first-order chi connectivity index (χ1) is 18.7. The maximum absolute atomic E-state index is 12.5. The first-order valence-electron chi connectivity index (χ1n) is 16.2. The van der Waals surface area contributed by atoms with Gasteiger partial charge in [0.05, 0.1) is 12.8 Å². The summed E-state index contributed by atoms with van der Waals surface area (Å²) in [5, 5.41) is 8.97. The quantitative estimate of drug-likeness (QED) is 0.326. The van der Waals surface area contributed by atoms with Crippen molar-refractivity contribution in [1.29, 1.82) is 0 Å². The zero-order chi connectivity index (χ0) is 29.1. The van der Waals surface area contributed by atoms with E-state index in [0.29, 0.717) is 22.7 Å². The molecule has 2 fully saturated rings. The van der Waals surface area contributed by atoms with Crippen molar-refractivity contribution in [2.24, 2.45) is 39.4 Å². The lowest BCUT2D eigenvalue weighted by molar-refractivity contribution is -0.170. The van der Waals surface area contributed by atoms with Gasteiger partial charge in [-0.3, -0.25) is 9.59 Å². The lowest BCUT2D eigenvalue weighted by Gasteiger charge is -2.59. The largest absolute Gasteiger partial charge is 0.481 e. The van der Waals surface area contributed by atoms with Crippen LogP contribution in [-0.2, 0) is 14.3 Å². The number of aliphatic carboxylic acids is 1. The highest BCUT2D eigenvalue weighted by Gasteiger charge is 2.58. The SMILES string of the molecule is C[C@@H](CN1CCCC(C)(C)C1)[C@H]1CC=C2C3=C(CC[C@@]21C)[C@@]1(C)CC[C@H](OC(=O)CCC(=O)O)C(C)(C)[C@@H]1CC3. The van der Waals surface area contributed by atoms with Gasteiger partial charge in [0.1, 0.15) is 6.10 Å². The van der Waals surface area contributed by atoms with E-state index in [1.165, 1.54) is 51.7 Å². The molecule has 4 aliphatic carbocycles. The van der Waals surface area contributed by atoms with E-state index in [9.17, 15) is 9.59 Å². The summed E-state index contributed by atoms with van der Waals surface area (Å²) in [7, 11) is 0. The molecule has 0 aromatic rings. The number of carbonyl (C=O) groups is 2. The van der Waals surface area contributed by atoms with Gasteiger partial charge in [-0.15, -0.1) is 0 Å². The Morgan fingerprint density at radius 1 is 1.02 bits per heavy atom. The smallest absolute Gasteiger partial charge is 0.306 e. The molecule has 1 saturated carbocycles. The van der Waals surface area contributed by atoms with Crippen molar-refractivity contribution < 1.29 is 19.4 Å². The van der Waals surface area contributed by atoms with Crippen LogP contribution in [0.15, 0.2) is 22.8 Å². The van der Waals surface area contributed by atoms with Gasteiger partial charge in [-0.2, -0.15) is 0 Å². The number of hydrogen-bond donors (Lipinski definition) is 1. The second-order valence-electron chi connectivity index (χ2n) is 16.1. The van der Waals surface area contributed by atoms with E-state index in [1.807, 2.05) is 0 Å². The first kappa shape index (κ1) is 29.9. The number of carboxylic acids is 1. The predicted octanol–water partition coefficient (Wildman–Crippen LogP) is 7.80. The molecule has 6 atom stereocenters. The molecule has 0 spiro atoms. The molecule has 0 amide bonds. The molecule has 224 valence electrons. The van der Waals surface area contributed by atoms with Crippen LogP contribution in [0.5, 0.6) is 0 Å². The average molecular weight is 554 g/mol. The van der Waals surface area contributed by atoms with Crippen LogP contribution in [0, 0.1) is 39.4 Å². The van der Waals surface area contributed by atoms with Gasteiger partial charge < -0.3 is 14.7 Å². The highest BCUT2D eigenvalue weighted by Crippen LogP contribution is 2.66. The van der Waals surface area contributed by atoms with Gasteiger partial charge >= 0.3 is 11.9 Å². The third kappa shape index (κ3) is 5.22. The molecule has 1 N–H and O–H groups in total. The van der Waals surface area contributed by atoms with E-state index < -0.39 is 5.97 Å². The van der Waals surface area contributed by atoms with Gasteiger partial charge in [0.25, 0.3) is 0 Å². The van der Waals surface area contributed by atoms with Crippen LogP contribution < -0.4 is 0 Å². The summed E-state index contributed by atoms with van der Waals surface area (Å²) < 4.78 is 5.95. The van der Waals surface area contributed by atoms with Crippen LogP contribution in [0.3, 0.4) is 0 Å². The third-order valence-corrected chi connectivity index (χ3v) is 12.4. The summed E-state index contributed by atoms with van der Waals surface area (Å²) in [5.41, 5.74) is 5.84. The van der Waals surface area contributed by atoms with Crippen LogP contribution in [0.25, 0.3) is 0 Å². The Morgan fingerprint density at radius 3 is 2.48 bits per heavy atom. The number of rotatable bonds is 7. The van der Waals surface area contributed by atoms with Crippen molar-refractivity contribution in [3.63, 3.8) is 0 Å². The third-order valence-electron chi connectivity index (χ3n) is 12.4. The monoisotopic (exact) mass is 553 g/mol. The Morgan fingerprint density at radius 2 is 1.77 bits per heavy atom. The van der Waals surface area contributed by atoms with E-state index in [2.05, 4.69) is 59.4 Å². The van der Waals surface area contributed by atoms with E-state index in [1.54, 1.807) is 16.7 Å². The summed E-state index contributed by atoms with van der Waals surface area (Å²) in [6.07, 6.45) is 12.9. The molecule has 0 unspecified atom stereocenters. The fourth-order valence-corrected chi connectivity index (χ4v) is 10.4. The topological polar surface area (TPSA) is 66.8 Å². The molecule has 40 heavy (non-hydrogen) atoms. The molecule has 0 aromatic carbocycles. The Bertz CT molecular complexity index is 1080. The highest BCUT2D eigenvalue weighted by atomic mass is 16.5. The second kappa shape index (κ2) is 10.6. The maximum Gasteiger partial charge on any atom is 0.306 e.